The van der Waals surface area contributed by atoms with Gasteiger partial charge in [-0.1, -0.05) is 18.2 Å². The van der Waals surface area contributed by atoms with Crippen LogP contribution in [0.2, 0.25) is 0 Å². The molecule has 1 aliphatic heterocycles. The summed E-state index contributed by atoms with van der Waals surface area (Å²) in [5.74, 6) is 0.0126. The number of hydrogen-bond donors (Lipinski definition) is 0. The van der Waals surface area contributed by atoms with Gasteiger partial charge in [0.25, 0.3) is 5.91 Å². The number of morpholine rings is 1. The summed E-state index contributed by atoms with van der Waals surface area (Å²) < 4.78 is 5.83. The lowest BCUT2D eigenvalue weighted by Crippen LogP contribution is -2.45. The van der Waals surface area contributed by atoms with E-state index < -0.39 is 0 Å². The fourth-order valence-electron chi connectivity index (χ4n) is 3.22. The van der Waals surface area contributed by atoms with Gasteiger partial charge in [-0.05, 0) is 31.0 Å². The molecular formula is C20H20N4O2. The van der Waals surface area contributed by atoms with Crippen LogP contribution in [-0.2, 0) is 11.2 Å². The van der Waals surface area contributed by atoms with Crippen LogP contribution in [0.5, 0.6) is 0 Å². The van der Waals surface area contributed by atoms with Crippen LogP contribution in [0, 0.1) is 0 Å². The van der Waals surface area contributed by atoms with E-state index in [9.17, 15) is 4.79 Å². The van der Waals surface area contributed by atoms with Gasteiger partial charge in [0.1, 0.15) is 6.33 Å². The monoisotopic (exact) mass is 348 g/mol. The number of hydrogen-bond acceptors (Lipinski definition) is 5. The smallest absolute Gasteiger partial charge is 0.255 e. The van der Waals surface area contributed by atoms with Crippen LogP contribution < -0.4 is 0 Å². The number of aromatic nitrogens is 3. The molecule has 132 valence electrons. The molecule has 1 aliphatic rings. The minimum absolute atomic E-state index is 0.0126. The van der Waals surface area contributed by atoms with E-state index in [0.29, 0.717) is 25.3 Å². The van der Waals surface area contributed by atoms with Gasteiger partial charge in [0, 0.05) is 36.6 Å². The number of benzene rings is 1. The molecule has 3 aromatic rings. The first-order chi connectivity index (χ1) is 12.8. The Hall–Kier alpha value is -2.86. The van der Waals surface area contributed by atoms with Crippen LogP contribution in [0.25, 0.3) is 10.9 Å². The number of aryl methyl sites for hydroxylation is 1. The van der Waals surface area contributed by atoms with Gasteiger partial charge >= 0.3 is 0 Å². The summed E-state index contributed by atoms with van der Waals surface area (Å²) in [6.45, 7) is 1.76. The average molecular weight is 348 g/mol. The second-order valence-corrected chi connectivity index (χ2v) is 6.40. The highest BCUT2D eigenvalue weighted by Crippen LogP contribution is 2.17. The predicted octanol–water partition coefficient (Wildman–Crippen LogP) is 2.50. The molecule has 4 rings (SSSR count). The number of fused-ring (bicyclic) bond motifs is 1. The summed E-state index contributed by atoms with van der Waals surface area (Å²) in [5, 5.41) is 0.979. The van der Waals surface area contributed by atoms with Crippen LogP contribution in [0.1, 0.15) is 22.5 Å². The highest BCUT2D eigenvalue weighted by atomic mass is 16.5. The van der Waals surface area contributed by atoms with E-state index in [-0.39, 0.29) is 12.0 Å². The van der Waals surface area contributed by atoms with Crippen molar-refractivity contribution in [2.24, 2.45) is 0 Å². The van der Waals surface area contributed by atoms with Gasteiger partial charge in [-0.3, -0.25) is 9.78 Å². The van der Waals surface area contributed by atoms with Gasteiger partial charge < -0.3 is 9.64 Å². The molecule has 0 spiro atoms. The molecule has 0 aliphatic carbocycles. The van der Waals surface area contributed by atoms with Gasteiger partial charge in [-0.2, -0.15) is 0 Å². The largest absolute Gasteiger partial charge is 0.375 e. The zero-order valence-corrected chi connectivity index (χ0v) is 14.4. The third kappa shape index (κ3) is 3.70. The van der Waals surface area contributed by atoms with Crippen LogP contribution in [0.3, 0.4) is 0 Å². The molecule has 0 radical (unpaired) electrons. The molecule has 1 amide bonds. The van der Waals surface area contributed by atoms with E-state index in [4.69, 9.17) is 4.74 Å². The zero-order chi connectivity index (χ0) is 17.8. The Labute approximate surface area is 151 Å². The third-order valence-electron chi connectivity index (χ3n) is 4.63. The van der Waals surface area contributed by atoms with Crippen molar-refractivity contribution in [2.75, 3.05) is 19.7 Å². The second-order valence-electron chi connectivity index (χ2n) is 6.40. The Morgan fingerprint density at radius 2 is 2.15 bits per heavy atom. The lowest BCUT2D eigenvalue weighted by molar-refractivity contribution is -0.0247. The Balaban J connectivity index is 1.42. The summed E-state index contributed by atoms with van der Waals surface area (Å²) in [4.78, 5) is 27.3. The minimum Gasteiger partial charge on any atom is -0.375 e. The van der Waals surface area contributed by atoms with Crippen LogP contribution >= 0.6 is 0 Å². The van der Waals surface area contributed by atoms with E-state index >= 15 is 0 Å². The van der Waals surface area contributed by atoms with Gasteiger partial charge in [0.2, 0.25) is 0 Å². The predicted molar refractivity (Wildman–Crippen MR) is 97.7 cm³/mol. The lowest BCUT2D eigenvalue weighted by Gasteiger charge is -2.33. The number of pyridine rings is 1. The number of ether oxygens (including phenoxy) is 1. The second kappa shape index (κ2) is 7.58. The van der Waals surface area contributed by atoms with Crippen LogP contribution in [0.4, 0.5) is 0 Å². The molecule has 1 fully saturated rings. The maximum absolute atomic E-state index is 12.9. The number of carbonyl (C=O) groups excluding carboxylic acids is 1. The maximum Gasteiger partial charge on any atom is 0.255 e. The third-order valence-corrected chi connectivity index (χ3v) is 4.63. The van der Waals surface area contributed by atoms with Gasteiger partial charge in [0.05, 0.1) is 23.8 Å². The van der Waals surface area contributed by atoms with E-state index in [0.717, 1.165) is 29.4 Å². The first kappa shape index (κ1) is 16.6. The first-order valence-electron chi connectivity index (χ1n) is 8.80. The van der Waals surface area contributed by atoms with E-state index in [1.807, 2.05) is 41.3 Å². The molecule has 1 aromatic carbocycles. The number of nitrogens with zero attached hydrogens (tertiary/aromatic N) is 4. The van der Waals surface area contributed by atoms with Crippen molar-refractivity contribution in [2.45, 2.75) is 18.9 Å². The van der Waals surface area contributed by atoms with Crippen molar-refractivity contribution in [1.29, 1.82) is 0 Å². The highest BCUT2D eigenvalue weighted by molar-refractivity contribution is 5.97. The summed E-state index contributed by atoms with van der Waals surface area (Å²) in [6.07, 6.45) is 6.63. The minimum atomic E-state index is 0.0126. The SMILES string of the molecule is O=C(c1cnc2ccccc2c1)N1CCO[C@@H](CCc2ccncn2)C1. The lowest BCUT2D eigenvalue weighted by atomic mass is 10.1. The summed E-state index contributed by atoms with van der Waals surface area (Å²) in [5.41, 5.74) is 2.51. The topological polar surface area (TPSA) is 68.2 Å². The van der Waals surface area contributed by atoms with Gasteiger partial charge in [-0.25, -0.2) is 9.97 Å². The molecule has 26 heavy (non-hydrogen) atoms. The first-order valence-corrected chi connectivity index (χ1v) is 8.80. The molecular weight excluding hydrogens is 328 g/mol. The highest BCUT2D eigenvalue weighted by Gasteiger charge is 2.25. The van der Waals surface area contributed by atoms with Gasteiger partial charge in [0.15, 0.2) is 0 Å². The normalized spacial score (nSPS) is 17.4. The van der Waals surface area contributed by atoms with Crippen molar-refractivity contribution in [1.82, 2.24) is 19.9 Å². The maximum atomic E-state index is 12.9. The molecule has 0 unspecified atom stereocenters. The molecule has 0 bridgehead atoms. The Kier molecular flexibility index (Phi) is 4.84. The number of carbonyl (C=O) groups is 1. The Morgan fingerprint density at radius 3 is 3.04 bits per heavy atom. The van der Waals surface area contributed by atoms with Crippen molar-refractivity contribution < 1.29 is 9.53 Å². The van der Waals surface area contributed by atoms with Crippen molar-refractivity contribution >= 4 is 16.8 Å². The number of amides is 1. The quantitative estimate of drug-likeness (QED) is 0.725. The number of para-hydroxylation sites is 1. The zero-order valence-electron chi connectivity index (χ0n) is 14.4. The fourth-order valence-corrected chi connectivity index (χ4v) is 3.22. The van der Waals surface area contributed by atoms with Crippen molar-refractivity contribution in [3.63, 3.8) is 0 Å². The summed E-state index contributed by atoms with van der Waals surface area (Å²) in [6, 6.07) is 11.6. The fraction of sp³-hybridized carbons (Fsp3) is 0.300. The van der Waals surface area contributed by atoms with Crippen molar-refractivity contribution in [3.05, 3.63) is 66.4 Å². The van der Waals surface area contributed by atoms with Gasteiger partial charge in [-0.15, -0.1) is 0 Å². The van der Waals surface area contributed by atoms with E-state index in [2.05, 4.69) is 15.0 Å². The number of rotatable bonds is 4. The molecule has 0 saturated carbocycles. The van der Waals surface area contributed by atoms with E-state index in [1.54, 1.807) is 18.7 Å². The molecule has 6 nitrogen and oxygen atoms in total. The molecule has 0 N–H and O–H groups in total. The Morgan fingerprint density at radius 1 is 1.23 bits per heavy atom. The Bertz CT molecular complexity index is 900. The standard InChI is InChI=1S/C20H20N4O2/c25-20(16-11-15-3-1-2-4-19(15)22-12-16)24-9-10-26-18(13-24)6-5-17-7-8-21-14-23-17/h1-4,7-8,11-12,14,18H,5-6,9-10,13H2/t18-/m0/s1. The summed E-state index contributed by atoms with van der Waals surface area (Å²) >= 11 is 0. The average Bonchev–Trinajstić information content (AvgIpc) is 2.72. The molecule has 1 saturated heterocycles. The summed E-state index contributed by atoms with van der Waals surface area (Å²) in [7, 11) is 0. The van der Waals surface area contributed by atoms with Crippen LogP contribution in [-0.4, -0.2) is 51.6 Å². The molecule has 3 heterocycles. The van der Waals surface area contributed by atoms with E-state index in [1.165, 1.54) is 0 Å². The van der Waals surface area contributed by atoms with Crippen LogP contribution in [0.15, 0.2) is 55.1 Å². The molecule has 2 aromatic heterocycles. The van der Waals surface area contributed by atoms with Crippen molar-refractivity contribution in [3.8, 4) is 0 Å². The molecule has 1 atom stereocenters. The molecule has 6 heteroatoms.